The first-order valence-corrected chi connectivity index (χ1v) is 12.5. The molecule has 1 aliphatic heterocycles. The number of aliphatic hydroxyl groups excluding tert-OH is 1. The first kappa shape index (κ1) is 27.1. The van der Waals surface area contributed by atoms with Crippen LogP contribution in [0.2, 0.25) is 0 Å². The molecule has 1 saturated heterocycles. The first-order valence-electron chi connectivity index (χ1n) is 12.5. The zero-order valence-corrected chi connectivity index (χ0v) is 21.4. The average Bonchev–Trinajstić information content (AvgIpc) is 3.44. The maximum Gasteiger partial charge on any atom is 0.332 e. The molecule has 1 fully saturated rings. The molecule has 38 heavy (non-hydrogen) atoms. The zero-order valence-electron chi connectivity index (χ0n) is 21.4. The number of carbonyl (C=O) groups excluding carboxylic acids is 1. The number of carboxylic acids is 1. The normalized spacial score (nSPS) is 18.4. The summed E-state index contributed by atoms with van der Waals surface area (Å²) in [4.78, 5) is 24.5. The van der Waals surface area contributed by atoms with Crippen LogP contribution in [0.1, 0.15) is 30.0 Å². The van der Waals surface area contributed by atoms with Crippen molar-refractivity contribution in [3.8, 4) is 22.6 Å². The van der Waals surface area contributed by atoms with E-state index in [1.807, 2.05) is 66.7 Å². The third kappa shape index (κ3) is 6.69. The van der Waals surface area contributed by atoms with Crippen LogP contribution >= 0.6 is 0 Å². The molecule has 5 N–H and O–H groups in total. The van der Waals surface area contributed by atoms with Gasteiger partial charge in [0, 0.05) is 18.0 Å². The highest BCUT2D eigenvalue weighted by molar-refractivity contribution is 5.82. The summed E-state index contributed by atoms with van der Waals surface area (Å²) < 4.78 is 10.8. The molecule has 0 aromatic heterocycles. The zero-order chi connectivity index (χ0) is 27.1. The highest BCUT2D eigenvalue weighted by atomic mass is 16.5. The summed E-state index contributed by atoms with van der Waals surface area (Å²) >= 11 is 0. The smallest absolute Gasteiger partial charge is 0.332 e. The lowest BCUT2D eigenvalue weighted by molar-refractivity contribution is -0.147. The fourth-order valence-corrected chi connectivity index (χ4v) is 4.66. The summed E-state index contributed by atoms with van der Waals surface area (Å²) in [6, 6.07) is 22.0. The predicted octanol–water partition coefficient (Wildman–Crippen LogP) is 2.84. The van der Waals surface area contributed by atoms with Gasteiger partial charge in [0.05, 0.1) is 20.3 Å². The number of ether oxygens (including phenoxy) is 2. The number of benzene rings is 3. The number of nitrogens with one attached hydrogen (secondary N) is 3. The van der Waals surface area contributed by atoms with Crippen LogP contribution in [0.25, 0.3) is 11.1 Å². The minimum atomic E-state index is -1.59. The van der Waals surface area contributed by atoms with Crippen molar-refractivity contribution < 1.29 is 29.3 Å². The van der Waals surface area contributed by atoms with Crippen LogP contribution in [0.5, 0.6) is 11.5 Å². The highest BCUT2D eigenvalue weighted by Gasteiger charge is 2.33. The van der Waals surface area contributed by atoms with Crippen molar-refractivity contribution in [3.05, 3.63) is 83.9 Å². The van der Waals surface area contributed by atoms with Crippen molar-refractivity contribution in [1.29, 1.82) is 0 Å². The van der Waals surface area contributed by atoms with Crippen LogP contribution in [0.15, 0.2) is 72.8 Å². The molecule has 3 aromatic rings. The van der Waals surface area contributed by atoms with Gasteiger partial charge in [-0.05, 0) is 47.7 Å². The molecule has 4 rings (SSSR count). The number of carboxylic acid groups (broad SMARTS) is 1. The van der Waals surface area contributed by atoms with E-state index in [1.54, 1.807) is 20.3 Å². The third-order valence-electron chi connectivity index (χ3n) is 6.71. The van der Waals surface area contributed by atoms with Gasteiger partial charge in [0.1, 0.15) is 17.5 Å². The number of amides is 1. The number of hydrogen-bond acceptors (Lipinski definition) is 7. The molecule has 3 aromatic carbocycles. The second-order valence-corrected chi connectivity index (χ2v) is 9.30. The van der Waals surface area contributed by atoms with Crippen LogP contribution in [0, 0.1) is 0 Å². The van der Waals surface area contributed by atoms with Gasteiger partial charge in [-0.25, -0.2) is 15.6 Å². The number of carbonyl (C=O) groups is 2. The van der Waals surface area contributed by atoms with E-state index in [9.17, 15) is 19.8 Å². The van der Waals surface area contributed by atoms with Gasteiger partial charge in [-0.1, -0.05) is 54.6 Å². The van der Waals surface area contributed by atoms with Crippen molar-refractivity contribution in [1.82, 2.24) is 16.2 Å². The van der Waals surface area contributed by atoms with E-state index in [1.165, 1.54) is 0 Å². The minimum Gasteiger partial charge on any atom is -0.497 e. The molecule has 0 aliphatic carbocycles. The van der Waals surface area contributed by atoms with E-state index < -0.39 is 24.2 Å². The Labute approximate surface area is 221 Å². The standard InChI is InChI=1S/C29H33N3O6/c1-37-22-12-13-27(38-2)23(16-22)24-17-25(32-31-24)28(34)30-21(15-26(33)29(35)36)14-18-8-10-20(11-9-18)19-6-4-3-5-7-19/h3-13,16,21,24-26,31-33H,14-15,17H2,1-2H3,(H,30,34)(H,35,36)/t21-,24?,25?,26-/m1/s1. The quantitative estimate of drug-likeness (QED) is 0.262. The number of hydrazine groups is 1. The molecular formula is C29H33N3O6. The summed E-state index contributed by atoms with van der Waals surface area (Å²) in [6.07, 6.45) is -0.893. The number of aliphatic hydroxyl groups is 1. The third-order valence-corrected chi connectivity index (χ3v) is 6.71. The molecular weight excluding hydrogens is 486 g/mol. The lowest BCUT2D eigenvalue weighted by Crippen LogP contribution is -2.48. The number of methoxy groups -OCH3 is 2. The Morgan fingerprint density at radius 2 is 1.68 bits per heavy atom. The Hall–Kier alpha value is -3.92. The van der Waals surface area contributed by atoms with Gasteiger partial charge in [0.15, 0.2) is 6.10 Å². The van der Waals surface area contributed by atoms with E-state index in [2.05, 4.69) is 16.2 Å². The van der Waals surface area contributed by atoms with Gasteiger partial charge >= 0.3 is 5.97 Å². The van der Waals surface area contributed by atoms with Crippen LogP contribution in [0.4, 0.5) is 0 Å². The molecule has 1 heterocycles. The van der Waals surface area contributed by atoms with Gasteiger partial charge in [-0.2, -0.15) is 0 Å². The summed E-state index contributed by atoms with van der Waals surface area (Å²) in [7, 11) is 3.17. The van der Waals surface area contributed by atoms with Crippen LogP contribution < -0.4 is 25.6 Å². The average molecular weight is 520 g/mol. The molecule has 0 saturated carbocycles. The van der Waals surface area contributed by atoms with Crippen molar-refractivity contribution in [2.75, 3.05) is 14.2 Å². The molecule has 2 unspecified atom stereocenters. The van der Waals surface area contributed by atoms with E-state index in [0.717, 1.165) is 22.3 Å². The van der Waals surface area contributed by atoms with Crippen LogP contribution in [-0.2, 0) is 16.0 Å². The summed E-state index contributed by atoms with van der Waals surface area (Å²) in [5.74, 6) is -0.260. The van der Waals surface area contributed by atoms with E-state index in [4.69, 9.17) is 9.47 Å². The fourth-order valence-electron chi connectivity index (χ4n) is 4.66. The van der Waals surface area contributed by atoms with Crippen molar-refractivity contribution in [3.63, 3.8) is 0 Å². The lowest BCUT2D eigenvalue weighted by Gasteiger charge is -2.22. The molecule has 0 bridgehead atoms. The molecule has 200 valence electrons. The Balaban J connectivity index is 1.44. The van der Waals surface area contributed by atoms with Crippen LogP contribution in [0.3, 0.4) is 0 Å². The van der Waals surface area contributed by atoms with Crippen molar-refractivity contribution in [2.24, 2.45) is 0 Å². The predicted molar refractivity (Wildman–Crippen MR) is 143 cm³/mol. The molecule has 0 spiro atoms. The van der Waals surface area contributed by atoms with E-state index in [0.29, 0.717) is 24.3 Å². The Bertz CT molecular complexity index is 1230. The minimum absolute atomic E-state index is 0.116. The highest BCUT2D eigenvalue weighted by Crippen LogP contribution is 2.33. The van der Waals surface area contributed by atoms with Crippen molar-refractivity contribution >= 4 is 11.9 Å². The Kier molecular flexibility index (Phi) is 8.96. The van der Waals surface area contributed by atoms with Gasteiger partial charge in [0.25, 0.3) is 0 Å². The molecule has 4 atom stereocenters. The monoisotopic (exact) mass is 519 g/mol. The Morgan fingerprint density at radius 1 is 0.974 bits per heavy atom. The SMILES string of the molecule is COc1ccc(OC)c(C2CC(C(=O)N[C@H](Cc3ccc(-c4ccccc4)cc3)C[C@@H](O)C(=O)O)NN2)c1. The summed E-state index contributed by atoms with van der Waals surface area (Å²) in [5, 5.41) is 22.2. The molecule has 1 aliphatic rings. The van der Waals surface area contributed by atoms with E-state index >= 15 is 0 Å². The fraction of sp³-hybridized carbons (Fsp3) is 0.310. The molecule has 1 amide bonds. The van der Waals surface area contributed by atoms with Crippen LogP contribution in [-0.4, -0.2) is 54.5 Å². The second-order valence-electron chi connectivity index (χ2n) is 9.30. The second kappa shape index (κ2) is 12.6. The molecule has 0 radical (unpaired) electrons. The Morgan fingerprint density at radius 3 is 2.34 bits per heavy atom. The maximum atomic E-state index is 13.2. The molecule has 9 nitrogen and oxygen atoms in total. The lowest BCUT2D eigenvalue weighted by atomic mass is 9.97. The number of aliphatic carboxylic acids is 1. The van der Waals surface area contributed by atoms with Gasteiger partial charge in [-0.15, -0.1) is 0 Å². The van der Waals surface area contributed by atoms with Gasteiger partial charge in [0.2, 0.25) is 5.91 Å². The largest absolute Gasteiger partial charge is 0.497 e. The van der Waals surface area contributed by atoms with E-state index in [-0.39, 0.29) is 18.4 Å². The van der Waals surface area contributed by atoms with Crippen molar-refractivity contribution in [2.45, 2.75) is 43.5 Å². The maximum absolute atomic E-state index is 13.2. The number of hydrogen-bond donors (Lipinski definition) is 5. The van der Waals surface area contributed by atoms with Gasteiger partial charge < -0.3 is 25.0 Å². The first-order chi connectivity index (χ1) is 18.4. The van der Waals surface area contributed by atoms with Gasteiger partial charge in [-0.3, -0.25) is 4.79 Å². The summed E-state index contributed by atoms with van der Waals surface area (Å²) in [5.41, 5.74) is 10.1. The topological polar surface area (TPSA) is 129 Å². The summed E-state index contributed by atoms with van der Waals surface area (Å²) in [6.45, 7) is 0. The molecule has 9 heteroatoms. The number of rotatable bonds is 11.